The lowest BCUT2D eigenvalue weighted by Crippen LogP contribution is -2.55. The highest BCUT2D eigenvalue weighted by atomic mass is 35.5. The van der Waals surface area contributed by atoms with Crippen molar-refractivity contribution in [3.05, 3.63) is 34.9 Å². The van der Waals surface area contributed by atoms with Crippen molar-refractivity contribution in [3.63, 3.8) is 0 Å². The zero-order valence-corrected chi connectivity index (χ0v) is 11.8. The van der Waals surface area contributed by atoms with Gasteiger partial charge in [0.25, 0.3) is 0 Å². The van der Waals surface area contributed by atoms with E-state index in [0.717, 1.165) is 24.8 Å². The van der Waals surface area contributed by atoms with Gasteiger partial charge in [0.2, 0.25) is 0 Å². The molecule has 100 valence electrons. The molecule has 1 aliphatic rings. The first-order chi connectivity index (χ1) is 8.54. The summed E-state index contributed by atoms with van der Waals surface area (Å²) in [6, 6.07) is 8.19. The van der Waals surface area contributed by atoms with Crippen LogP contribution in [0.1, 0.15) is 25.5 Å². The molecule has 2 rings (SSSR count). The summed E-state index contributed by atoms with van der Waals surface area (Å²) in [4.78, 5) is 2.43. The summed E-state index contributed by atoms with van der Waals surface area (Å²) in [6.07, 6.45) is 0. The molecule has 0 aliphatic carbocycles. The van der Waals surface area contributed by atoms with E-state index in [4.69, 9.17) is 22.1 Å². The summed E-state index contributed by atoms with van der Waals surface area (Å²) >= 11 is 5.94. The monoisotopic (exact) mass is 268 g/mol. The average molecular weight is 269 g/mol. The Kier molecular flexibility index (Phi) is 4.28. The molecule has 1 aromatic carbocycles. The molecular formula is C14H21ClN2O. The third-order valence-corrected chi connectivity index (χ3v) is 3.82. The van der Waals surface area contributed by atoms with Gasteiger partial charge in [-0.05, 0) is 31.5 Å². The van der Waals surface area contributed by atoms with Crippen molar-refractivity contribution in [2.45, 2.75) is 25.4 Å². The van der Waals surface area contributed by atoms with Crippen LogP contribution in [0, 0.1) is 0 Å². The van der Waals surface area contributed by atoms with Crippen LogP contribution in [0.25, 0.3) is 0 Å². The van der Waals surface area contributed by atoms with E-state index in [1.165, 1.54) is 5.56 Å². The highest BCUT2D eigenvalue weighted by Crippen LogP contribution is 2.30. The molecule has 0 bridgehead atoms. The SMILES string of the molecule is CC1(C)COCCN1C(CN)c1ccc(Cl)cc1. The molecule has 1 aliphatic heterocycles. The van der Waals surface area contributed by atoms with Crippen LogP contribution < -0.4 is 5.73 Å². The Morgan fingerprint density at radius 3 is 2.61 bits per heavy atom. The molecule has 1 unspecified atom stereocenters. The maximum Gasteiger partial charge on any atom is 0.0645 e. The largest absolute Gasteiger partial charge is 0.378 e. The van der Waals surface area contributed by atoms with E-state index in [-0.39, 0.29) is 11.6 Å². The molecule has 3 nitrogen and oxygen atoms in total. The van der Waals surface area contributed by atoms with Gasteiger partial charge < -0.3 is 10.5 Å². The molecular weight excluding hydrogens is 248 g/mol. The van der Waals surface area contributed by atoms with E-state index < -0.39 is 0 Å². The highest BCUT2D eigenvalue weighted by Gasteiger charge is 2.35. The number of nitrogens with two attached hydrogens (primary N) is 1. The second-order valence-corrected chi connectivity index (χ2v) is 5.80. The van der Waals surface area contributed by atoms with Crippen LogP contribution in [0.3, 0.4) is 0 Å². The lowest BCUT2D eigenvalue weighted by molar-refractivity contribution is -0.0712. The maximum atomic E-state index is 5.98. The summed E-state index contributed by atoms with van der Waals surface area (Å²) < 4.78 is 5.56. The van der Waals surface area contributed by atoms with Gasteiger partial charge in [-0.1, -0.05) is 23.7 Å². The lowest BCUT2D eigenvalue weighted by Gasteiger charge is -2.46. The van der Waals surface area contributed by atoms with Gasteiger partial charge in [0.05, 0.1) is 13.2 Å². The molecule has 0 saturated carbocycles. The van der Waals surface area contributed by atoms with Gasteiger partial charge in [-0.3, -0.25) is 4.90 Å². The fraction of sp³-hybridized carbons (Fsp3) is 0.571. The molecule has 0 spiro atoms. The standard InChI is InChI=1S/C14H21ClN2O/c1-14(2)10-18-8-7-17(14)13(9-16)11-3-5-12(15)6-4-11/h3-6,13H,7-10,16H2,1-2H3. The Bertz CT molecular complexity index is 391. The summed E-state index contributed by atoms with van der Waals surface area (Å²) in [5.74, 6) is 0. The molecule has 1 heterocycles. The van der Waals surface area contributed by atoms with Crippen LogP contribution in [0.15, 0.2) is 24.3 Å². The zero-order chi connectivity index (χ0) is 13.2. The van der Waals surface area contributed by atoms with Crippen LogP contribution in [0.2, 0.25) is 5.02 Å². The Morgan fingerprint density at radius 1 is 1.39 bits per heavy atom. The van der Waals surface area contributed by atoms with Crippen molar-refractivity contribution in [3.8, 4) is 0 Å². The molecule has 2 N–H and O–H groups in total. The topological polar surface area (TPSA) is 38.5 Å². The lowest BCUT2D eigenvalue weighted by atomic mass is 9.96. The van der Waals surface area contributed by atoms with Gasteiger partial charge in [0, 0.05) is 29.7 Å². The van der Waals surface area contributed by atoms with E-state index in [1.807, 2.05) is 12.1 Å². The number of hydrogen-bond donors (Lipinski definition) is 1. The van der Waals surface area contributed by atoms with Crippen molar-refractivity contribution in [1.82, 2.24) is 4.90 Å². The first kappa shape index (κ1) is 13.8. The second kappa shape index (κ2) is 5.57. The van der Waals surface area contributed by atoms with E-state index >= 15 is 0 Å². The summed E-state index contributed by atoms with van der Waals surface area (Å²) in [7, 11) is 0. The normalized spacial score (nSPS) is 21.8. The molecule has 0 radical (unpaired) electrons. The van der Waals surface area contributed by atoms with Gasteiger partial charge in [-0.15, -0.1) is 0 Å². The Balaban J connectivity index is 2.24. The van der Waals surface area contributed by atoms with Gasteiger partial charge in [-0.2, -0.15) is 0 Å². The van der Waals surface area contributed by atoms with E-state index in [1.54, 1.807) is 0 Å². The van der Waals surface area contributed by atoms with Crippen molar-refractivity contribution >= 4 is 11.6 Å². The fourth-order valence-corrected chi connectivity index (χ4v) is 2.70. The number of nitrogens with zero attached hydrogens (tertiary/aromatic N) is 1. The first-order valence-corrected chi connectivity index (χ1v) is 6.72. The van der Waals surface area contributed by atoms with E-state index in [9.17, 15) is 0 Å². The summed E-state index contributed by atoms with van der Waals surface area (Å²) in [5, 5.41) is 0.760. The minimum absolute atomic E-state index is 0.0158. The predicted octanol–water partition coefficient (Wildman–Crippen LogP) is 2.45. The number of morpholine rings is 1. The third kappa shape index (κ3) is 2.86. The van der Waals surface area contributed by atoms with Crippen molar-refractivity contribution < 1.29 is 4.74 Å². The molecule has 1 aromatic rings. The van der Waals surface area contributed by atoms with Crippen LogP contribution in [-0.4, -0.2) is 36.7 Å². The molecule has 4 heteroatoms. The second-order valence-electron chi connectivity index (χ2n) is 5.36. The molecule has 1 fully saturated rings. The number of halogens is 1. The summed E-state index contributed by atoms with van der Waals surface area (Å²) in [6.45, 7) is 7.43. The Labute approximate surface area is 114 Å². The number of ether oxygens (including phenoxy) is 1. The Hall–Kier alpha value is -0.610. The quantitative estimate of drug-likeness (QED) is 0.915. The van der Waals surface area contributed by atoms with Crippen molar-refractivity contribution in [2.24, 2.45) is 5.73 Å². The van der Waals surface area contributed by atoms with Crippen LogP contribution >= 0.6 is 11.6 Å². The van der Waals surface area contributed by atoms with Crippen LogP contribution in [-0.2, 0) is 4.74 Å². The van der Waals surface area contributed by atoms with Crippen LogP contribution in [0.5, 0.6) is 0 Å². The molecule has 1 atom stereocenters. The third-order valence-electron chi connectivity index (χ3n) is 3.56. The van der Waals surface area contributed by atoms with Gasteiger partial charge in [0.15, 0.2) is 0 Å². The number of benzene rings is 1. The average Bonchev–Trinajstić information content (AvgIpc) is 2.34. The molecule has 0 aromatic heterocycles. The minimum Gasteiger partial charge on any atom is -0.378 e. The number of rotatable bonds is 3. The van der Waals surface area contributed by atoms with Gasteiger partial charge >= 0.3 is 0 Å². The zero-order valence-electron chi connectivity index (χ0n) is 11.0. The maximum absolute atomic E-state index is 5.98. The van der Waals surface area contributed by atoms with E-state index in [2.05, 4.69) is 30.9 Å². The molecule has 18 heavy (non-hydrogen) atoms. The van der Waals surface area contributed by atoms with Crippen LogP contribution in [0.4, 0.5) is 0 Å². The minimum atomic E-state index is 0.0158. The van der Waals surface area contributed by atoms with Gasteiger partial charge in [-0.25, -0.2) is 0 Å². The number of hydrogen-bond acceptors (Lipinski definition) is 3. The smallest absolute Gasteiger partial charge is 0.0645 e. The molecule has 1 saturated heterocycles. The first-order valence-electron chi connectivity index (χ1n) is 6.34. The predicted molar refractivity (Wildman–Crippen MR) is 74.9 cm³/mol. The molecule has 0 amide bonds. The van der Waals surface area contributed by atoms with Gasteiger partial charge in [0.1, 0.15) is 0 Å². The Morgan fingerprint density at radius 2 is 2.06 bits per heavy atom. The summed E-state index contributed by atoms with van der Waals surface area (Å²) in [5.41, 5.74) is 7.21. The van der Waals surface area contributed by atoms with Crippen molar-refractivity contribution in [2.75, 3.05) is 26.3 Å². The van der Waals surface area contributed by atoms with E-state index in [0.29, 0.717) is 6.54 Å². The fourth-order valence-electron chi connectivity index (χ4n) is 2.58. The van der Waals surface area contributed by atoms with Crippen molar-refractivity contribution in [1.29, 1.82) is 0 Å². The highest BCUT2D eigenvalue weighted by molar-refractivity contribution is 6.30.